The summed E-state index contributed by atoms with van der Waals surface area (Å²) in [5, 5.41) is 18.9. The van der Waals surface area contributed by atoms with Crippen LogP contribution in [0.2, 0.25) is 0 Å². The number of benzene rings is 2. The third-order valence-corrected chi connectivity index (χ3v) is 4.70. The molecule has 2 amide bonds. The summed E-state index contributed by atoms with van der Waals surface area (Å²) in [6.45, 7) is 3.78. The highest BCUT2D eigenvalue weighted by atomic mass is 19.1. The molecular weight excluding hydrogens is 389 g/mol. The molecule has 2 aromatic carbocycles. The molecule has 0 unspecified atom stereocenters. The molecule has 0 atom stereocenters. The predicted molar refractivity (Wildman–Crippen MR) is 108 cm³/mol. The van der Waals surface area contributed by atoms with Crippen LogP contribution in [0, 0.1) is 19.7 Å². The molecular formula is C20H18FN7O2. The van der Waals surface area contributed by atoms with Crippen LogP contribution in [0.5, 0.6) is 0 Å². The number of hydrogen-bond donors (Lipinski definition) is 1. The highest BCUT2D eigenvalue weighted by molar-refractivity contribution is 6.44. The van der Waals surface area contributed by atoms with E-state index in [1.807, 2.05) is 32.0 Å². The van der Waals surface area contributed by atoms with Crippen molar-refractivity contribution in [1.29, 1.82) is 0 Å². The zero-order valence-corrected chi connectivity index (χ0v) is 16.3. The number of halogens is 1. The zero-order valence-electron chi connectivity index (χ0n) is 16.3. The van der Waals surface area contributed by atoms with Gasteiger partial charge in [0.2, 0.25) is 5.91 Å². The van der Waals surface area contributed by atoms with Gasteiger partial charge in [0.05, 0.1) is 17.1 Å². The van der Waals surface area contributed by atoms with Gasteiger partial charge in [0.25, 0.3) is 5.91 Å². The first-order valence-corrected chi connectivity index (χ1v) is 9.24. The van der Waals surface area contributed by atoms with E-state index in [2.05, 4.69) is 25.9 Å². The summed E-state index contributed by atoms with van der Waals surface area (Å²) >= 11 is 0. The maximum absolute atomic E-state index is 14.3. The second kappa shape index (κ2) is 7.82. The molecule has 0 saturated heterocycles. The van der Waals surface area contributed by atoms with Crippen LogP contribution in [0.15, 0.2) is 47.8 Å². The number of hydrogen-bond acceptors (Lipinski definition) is 6. The van der Waals surface area contributed by atoms with Gasteiger partial charge in [-0.2, -0.15) is 5.10 Å². The molecule has 0 spiro atoms. The first-order chi connectivity index (χ1) is 14.4. The largest absolute Gasteiger partial charge is 0.318 e. The third-order valence-electron chi connectivity index (χ3n) is 4.70. The summed E-state index contributed by atoms with van der Waals surface area (Å²) in [6.07, 6.45) is 1.66. The Morgan fingerprint density at radius 2 is 1.97 bits per heavy atom. The number of carbonyl (C=O) groups excluding carboxylic acids is 2. The lowest BCUT2D eigenvalue weighted by molar-refractivity contribution is -0.118. The number of amides is 2. The van der Waals surface area contributed by atoms with Crippen molar-refractivity contribution in [2.24, 2.45) is 5.10 Å². The van der Waals surface area contributed by atoms with E-state index >= 15 is 0 Å². The molecule has 3 aromatic rings. The summed E-state index contributed by atoms with van der Waals surface area (Å²) in [5.74, 6) is -1.39. The van der Waals surface area contributed by atoms with Crippen molar-refractivity contribution in [2.45, 2.75) is 26.7 Å². The Kier molecular flexibility index (Phi) is 5.05. The minimum atomic E-state index is -0.612. The molecule has 1 aliphatic rings. The number of hydrazone groups is 1. The Morgan fingerprint density at radius 1 is 1.13 bits per heavy atom. The van der Waals surface area contributed by atoms with E-state index in [1.54, 1.807) is 0 Å². The molecule has 0 radical (unpaired) electrons. The van der Waals surface area contributed by atoms with Gasteiger partial charge in [0.1, 0.15) is 17.9 Å². The maximum Gasteiger partial charge on any atom is 0.271 e. The average Bonchev–Trinajstić information content (AvgIpc) is 3.27. The molecule has 30 heavy (non-hydrogen) atoms. The number of nitrogens with one attached hydrogen (secondary N) is 1. The Balaban J connectivity index is 1.61. The summed E-state index contributed by atoms with van der Waals surface area (Å²) < 4.78 is 15.6. The summed E-state index contributed by atoms with van der Waals surface area (Å²) in [4.78, 5) is 25.2. The van der Waals surface area contributed by atoms with Crippen molar-refractivity contribution in [3.05, 3.63) is 59.7 Å². The fraction of sp³-hybridized carbons (Fsp3) is 0.200. The van der Waals surface area contributed by atoms with Gasteiger partial charge in [-0.1, -0.05) is 12.1 Å². The molecule has 152 valence electrons. The Hall–Kier alpha value is -3.95. The van der Waals surface area contributed by atoms with Crippen molar-refractivity contribution in [2.75, 3.05) is 10.3 Å². The van der Waals surface area contributed by atoms with E-state index in [0.29, 0.717) is 11.4 Å². The quantitative estimate of drug-likeness (QED) is 0.716. The fourth-order valence-electron chi connectivity index (χ4n) is 3.08. The lowest BCUT2D eigenvalue weighted by Gasteiger charge is -2.25. The smallest absolute Gasteiger partial charge is 0.271 e. The van der Waals surface area contributed by atoms with Gasteiger partial charge >= 0.3 is 0 Å². The van der Waals surface area contributed by atoms with E-state index in [4.69, 9.17) is 0 Å². The molecule has 10 heteroatoms. The predicted octanol–water partition coefficient (Wildman–Crippen LogP) is 2.54. The standard InChI is InChI=1S/C20H18FN7O2/c1-12-3-4-13(2)18(9-12)28-19(29)8-7-16(24-28)20(30)23-17-10-14(5-6-15(17)21)27-11-22-25-26-27/h3-6,9-11H,7-8H2,1-2H3,(H,23,30). The Bertz CT molecular complexity index is 1160. The lowest BCUT2D eigenvalue weighted by Crippen LogP contribution is -2.36. The minimum Gasteiger partial charge on any atom is -0.318 e. The monoisotopic (exact) mass is 407 g/mol. The number of nitrogens with zero attached hydrogens (tertiary/aromatic N) is 6. The first kappa shape index (κ1) is 19.4. The molecule has 0 saturated carbocycles. The van der Waals surface area contributed by atoms with Gasteiger partial charge in [-0.25, -0.2) is 14.1 Å². The number of anilines is 2. The zero-order chi connectivity index (χ0) is 21.3. The van der Waals surface area contributed by atoms with Crippen LogP contribution in [0.25, 0.3) is 5.69 Å². The van der Waals surface area contributed by atoms with Crippen LogP contribution in [-0.2, 0) is 9.59 Å². The molecule has 4 rings (SSSR count). The van der Waals surface area contributed by atoms with Crippen LogP contribution < -0.4 is 10.3 Å². The summed E-state index contributed by atoms with van der Waals surface area (Å²) in [7, 11) is 0. The van der Waals surface area contributed by atoms with Gasteiger partial charge in [0.15, 0.2) is 0 Å². The van der Waals surface area contributed by atoms with E-state index < -0.39 is 11.7 Å². The van der Waals surface area contributed by atoms with Gasteiger partial charge < -0.3 is 5.32 Å². The van der Waals surface area contributed by atoms with E-state index in [-0.39, 0.29) is 30.1 Å². The molecule has 2 heterocycles. The topological polar surface area (TPSA) is 105 Å². The van der Waals surface area contributed by atoms with Gasteiger partial charge in [-0.15, -0.1) is 5.10 Å². The molecule has 9 nitrogen and oxygen atoms in total. The van der Waals surface area contributed by atoms with Crippen molar-refractivity contribution in [1.82, 2.24) is 20.2 Å². The molecule has 1 aromatic heterocycles. The van der Waals surface area contributed by atoms with Gasteiger partial charge in [0, 0.05) is 12.8 Å². The summed E-state index contributed by atoms with van der Waals surface area (Å²) in [6, 6.07) is 9.78. The van der Waals surface area contributed by atoms with Crippen molar-refractivity contribution >= 4 is 28.9 Å². The molecule has 1 N–H and O–H groups in total. The maximum atomic E-state index is 14.3. The van der Waals surface area contributed by atoms with E-state index in [1.165, 1.54) is 34.2 Å². The highest BCUT2D eigenvalue weighted by Crippen LogP contribution is 2.26. The minimum absolute atomic E-state index is 0.0362. The molecule has 0 bridgehead atoms. The third kappa shape index (κ3) is 3.79. The van der Waals surface area contributed by atoms with Crippen LogP contribution >= 0.6 is 0 Å². The molecule has 0 aliphatic carbocycles. The molecule has 1 aliphatic heterocycles. The SMILES string of the molecule is Cc1ccc(C)c(N2N=C(C(=O)Nc3cc(-n4cnnn4)ccc3F)CCC2=O)c1. The number of aryl methyl sites for hydroxylation is 2. The van der Waals surface area contributed by atoms with Crippen LogP contribution in [0.4, 0.5) is 15.8 Å². The van der Waals surface area contributed by atoms with E-state index in [9.17, 15) is 14.0 Å². The normalized spacial score (nSPS) is 13.9. The van der Waals surface area contributed by atoms with Crippen LogP contribution in [0.1, 0.15) is 24.0 Å². The molecule has 0 fully saturated rings. The fourth-order valence-corrected chi connectivity index (χ4v) is 3.08. The Morgan fingerprint density at radius 3 is 2.73 bits per heavy atom. The van der Waals surface area contributed by atoms with Crippen molar-refractivity contribution in [3.8, 4) is 5.69 Å². The number of aromatic nitrogens is 4. The second-order valence-corrected chi connectivity index (χ2v) is 6.91. The lowest BCUT2D eigenvalue weighted by atomic mass is 10.1. The number of rotatable bonds is 4. The van der Waals surface area contributed by atoms with Gasteiger partial charge in [-0.3, -0.25) is 9.59 Å². The van der Waals surface area contributed by atoms with Gasteiger partial charge in [-0.05, 0) is 59.7 Å². The average molecular weight is 407 g/mol. The van der Waals surface area contributed by atoms with Crippen molar-refractivity contribution < 1.29 is 14.0 Å². The number of carbonyl (C=O) groups is 2. The highest BCUT2D eigenvalue weighted by Gasteiger charge is 2.27. The Labute approximate surface area is 171 Å². The van der Waals surface area contributed by atoms with Crippen molar-refractivity contribution in [3.63, 3.8) is 0 Å². The van der Waals surface area contributed by atoms with E-state index in [0.717, 1.165) is 11.1 Å². The van der Waals surface area contributed by atoms with Crippen LogP contribution in [0.3, 0.4) is 0 Å². The first-order valence-electron chi connectivity index (χ1n) is 9.24. The number of tetrazole rings is 1. The second-order valence-electron chi connectivity index (χ2n) is 6.91. The van der Waals surface area contributed by atoms with Crippen LogP contribution in [-0.4, -0.2) is 37.7 Å². The summed E-state index contributed by atoms with van der Waals surface area (Å²) in [5.41, 5.74) is 3.04.